The first-order chi connectivity index (χ1) is 17.9. The van der Waals surface area contributed by atoms with Gasteiger partial charge in [-0.2, -0.15) is 0 Å². The fourth-order valence-corrected chi connectivity index (χ4v) is 4.88. The van der Waals surface area contributed by atoms with Crippen LogP contribution in [0.5, 0.6) is 5.75 Å². The van der Waals surface area contributed by atoms with E-state index in [0.29, 0.717) is 44.6 Å². The lowest BCUT2D eigenvalue weighted by Crippen LogP contribution is -2.51. The van der Waals surface area contributed by atoms with Gasteiger partial charge in [-0.05, 0) is 54.2 Å². The maximum Gasteiger partial charge on any atom is 0.317 e. The molecule has 0 radical (unpaired) electrons. The maximum atomic E-state index is 13.9. The third kappa shape index (κ3) is 6.88. The van der Waals surface area contributed by atoms with Crippen LogP contribution in [0.15, 0.2) is 72.8 Å². The zero-order valence-electron chi connectivity index (χ0n) is 21.4. The van der Waals surface area contributed by atoms with Gasteiger partial charge in [-0.3, -0.25) is 4.79 Å². The van der Waals surface area contributed by atoms with Gasteiger partial charge in [-0.1, -0.05) is 60.7 Å². The van der Waals surface area contributed by atoms with Crippen LogP contribution in [0.25, 0.3) is 0 Å². The molecule has 2 atom stereocenters. The average molecular weight is 504 g/mol. The number of hydrogen-bond donors (Lipinski definition) is 2. The van der Waals surface area contributed by atoms with Crippen LogP contribution in [0, 0.1) is 18.7 Å². The van der Waals surface area contributed by atoms with E-state index >= 15 is 0 Å². The van der Waals surface area contributed by atoms with Crippen molar-refractivity contribution in [3.05, 3.63) is 101 Å². The highest BCUT2D eigenvalue weighted by atomic mass is 19.1. The van der Waals surface area contributed by atoms with Crippen molar-refractivity contribution < 1.29 is 18.7 Å². The van der Waals surface area contributed by atoms with Gasteiger partial charge in [0.2, 0.25) is 5.91 Å². The number of hydrogen-bond acceptors (Lipinski definition) is 3. The van der Waals surface area contributed by atoms with E-state index < -0.39 is 0 Å². The first-order valence-corrected chi connectivity index (χ1v) is 12.7. The number of methoxy groups -OCH3 is 1. The molecule has 1 aliphatic heterocycles. The molecule has 0 bridgehead atoms. The molecule has 4 rings (SSSR count). The lowest BCUT2D eigenvalue weighted by atomic mass is 9.83. The zero-order valence-corrected chi connectivity index (χ0v) is 21.4. The van der Waals surface area contributed by atoms with Gasteiger partial charge in [0, 0.05) is 32.1 Å². The number of benzene rings is 3. The van der Waals surface area contributed by atoms with Crippen molar-refractivity contribution in [2.45, 2.75) is 32.2 Å². The van der Waals surface area contributed by atoms with Crippen LogP contribution in [0.3, 0.4) is 0 Å². The standard InChI is InChI=1S/C30H34FN3O3/c1-21-16-24(12-13-27(21)31)25-17-26(29(35)32-15-14-23-10-6-7-11-28(23)37-2)20-34(19-25)30(36)33-18-22-8-4-3-5-9-22/h3-13,16,25-26H,14-15,17-20H2,1-2H3,(H,32,35)(H,33,36)/t25-,26-/m0/s1. The molecule has 6 nitrogen and oxygen atoms in total. The highest BCUT2D eigenvalue weighted by molar-refractivity contribution is 5.81. The normalized spacial score (nSPS) is 17.2. The maximum absolute atomic E-state index is 13.9. The molecule has 3 aromatic rings. The van der Waals surface area contributed by atoms with Gasteiger partial charge in [-0.25, -0.2) is 9.18 Å². The monoisotopic (exact) mass is 503 g/mol. The number of likely N-dealkylation sites (tertiary alicyclic amines) is 1. The summed E-state index contributed by atoms with van der Waals surface area (Å²) in [6, 6.07) is 22.3. The molecule has 2 N–H and O–H groups in total. The van der Waals surface area contributed by atoms with Crippen molar-refractivity contribution in [2.75, 3.05) is 26.7 Å². The van der Waals surface area contributed by atoms with Gasteiger partial charge in [0.15, 0.2) is 0 Å². The van der Waals surface area contributed by atoms with E-state index in [1.54, 1.807) is 25.0 Å². The summed E-state index contributed by atoms with van der Waals surface area (Å²) < 4.78 is 19.3. The Morgan fingerprint density at radius 1 is 1.00 bits per heavy atom. The Kier molecular flexibility index (Phi) is 8.77. The summed E-state index contributed by atoms with van der Waals surface area (Å²) in [7, 11) is 1.63. The Morgan fingerprint density at radius 2 is 1.76 bits per heavy atom. The van der Waals surface area contributed by atoms with E-state index in [-0.39, 0.29) is 29.6 Å². The predicted molar refractivity (Wildman–Crippen MR) is 142 cm³/mol. The fourth-order valence-electron chi connectivity index (χ4n) is 4.88. The molecule has 0 unspecified atom stereocenters. The van der Waals surface area contributed by atoms with Crippen molar-refractivity contribution in [1.29, 1.82) is 0 Å². The highest BCUT2D eigenvalue weighted by Crippen LogP contribution is 2.31. The van der Waals surface area contributed by atoms with Gasteiger partial charge < -0.3 is 20.3 Å². The molecule has 0 saturated carbocycles. The zero-order chi connectivity index (χ0) is 26.2. The third-order valence-corrected chi connectivity index (χ3v) is 6.93. The number of nitrogens with zero attached hydrogens (tertiary/aromatic N) is 1. The third-order valence-electron chi connectivity index (χ3n) is 6.93. The van der Waals surface area contributed by atoms with E-state index in [0.717, 1.165) is 22.4 Å². The molecule has 3 amide bonds. The molecule has 1 saturated heterocycles. The minimum Gasteiger partial charge on any atom is -0.496 e. The van der Waals surface area contributed by atoms with E-state index in [1.165, 1.54) is 6.07 Å². The smallest absolute Gasteiger partial charge is 0.317 e. The van der Waals surface area contributed by atoms with Crippen molar-refractivity contribution >= 4 is 11.9 Å². The summed E-state index contributed by atoms with van der Waals surface area (Å²) in [5.74, 6) is 0.00844. The van der Waals surface area contributed by atoms with Gasteiger partial charge in [0.1, 0.15) is 11.6 Å². The SMILES string of the molecule is COc1ccccc1CCNC(=O)[C@H]1C[C@H](c2ccc(F)c(C)c2)CN(C(=O)NCc2ccccc2)C1. The number of carbonyl (C=O) groups is 2. The van der Waals surface area contributed by atoms with Crippen molar-refractivity contribution in [2.24, 2.45) is 5.92 Å². The number of carbonyl (C=O) groups excluding carboxylic acids is 2. The Hall–Kier alpha value is -3.87. The number of ether oxygens (including phenoxy) is 1. The van der Waals surface area contributed by atoms with E-state index in [4.69, 9.17) is 4.74 Å². The lowest BCUT2D eigenvalue weighted by Gasteiger charge is -2.37. The number of para-hydroxylation sites is 1. The topological polar surface area (TPSA) is 70.7 Å². The molecule has 0 aromatic heterocycles. The Morgan fingerprint density at radius 3 is 2.51 bits per heavy atom. The largest absolute Gasteiger partial charge is 0.496 e. The molecule has 1 fully saturated rings. The molecule has 0 spiro atoms. The number of aryl methyl sites for hydroxylation is 1. The molecule has 1 aliphatic rings. The summed E-state index contributed by atoms with van der Waals surface area (Å²) in [5.41, 5.74) is 3.52. The van der Waals surface area contributed by atoms with E-state index in [9.17, 15) is 14.0 Å². The Bertz CT molecular complexity index is 1220. The van der Waals surface area contributed by atoms with Crippen LogP contribution >= 0.6 is 0 Å². The average Bonchev–Trinajstić information content (AvgIpc) is 2.93. The van der Waals surface area contributed by atoms with Gasteiger partial charge in [0.05, 0.1) is 13.0 Å². The molecule has 7 heteroatoms. The number of urea groups is 1. The van der Waals surface area contributed by atoms with Crippen LogP contribution in [0.4, 0.5) is 9.18 Å². The summed E-state index contributed by atoms with van der Waals surface area (Å²) in [6.07, 6.45) is 1.23. The summed E-state index contributed by atoms with van der Waals surface area (Å²) in [6.45, 7) is 3.41. The summed E-state index contributed by atoms with van der Waals surface area (Å²) in [5, 5.41) is 6.03. The van der Waals surface area contributed by atoms with Crippen LogP contribution in [-0.2, 0) is 17.8 Å². The Labute approximate surface area is 217 Å². The molecule has 37 heavy (non-hydrogen) atoms. The molecule has 0 aliphatic carbocycles. The van der Waals surface area contributed by atoms with Crippen LogP contribution in [-0.4, -0.2) is 43.6 Å². The molecule has 194 valence electrons. The summed E-state index contributed by atoms with van der Waals surface area (Å²) >= 11 is 0. The molecule has 1 heterocycles. The van der Waals surface area contributed by atoms with Gasteiger partial charge in [0.25, 0.3) is 0 Å². The first kappa shape index (κ1) is 26.2. The predicted octanol–water partition coefficient (Wildman–Crippen LogP) is 4.82. The quantitative estimate of drug-likeness (QED) is 0.463. The number of amides is 3. The van der Waals surface area contributed by atoms with Crippen LogP contribution in [0.2, 0.25) is 0 Å². The Balaban J connectivity index is 1.44. The second kappa shape index (κ2) is 12.4. The van der Waals surface area contributed by atoms with Crippen LogP contribution in [0.1, 0.15) is 34.6 Å². The van der Waals surface area contributed by atoms with Crippen LogP contribution < -0.4 is 15.4 Å². The number of halogens is 1. The first-order valence-electron chi connectivity index (χ1n) is 12.7. The van der Waals surface area contributed by atoms with Crippen molar-refractivity contribution in [3.8, 4) is 5.75 Å². The fraction of sp³-hybridized carbons (Fsp3) is 0.333. The van der Waals surface area contributed by atoms with E-state index in [2.05, 4.69) is 10.6 Å². The van der Waals surface area contributed by atoms with Gasteiger partial charge in [-0.15, -0.1) is 0 Å². The highest BCUT2D eigenvalue weighted by Gasteiger charge is 2.34. The summed E-state index contributed by atoms with van der Waals surface area (Å²) in [4.78, 5) is 28.1. The van der Waals surface area contributed by atoms with Gasteiger partial charge >= 0.3 is 6.03 Å². The van der Waals surface area contributed by atoms with Crippen molar-refractivity contribution in [1.82, 2.24) is 15.5 Å². The van der Waals surface area contributed by atoms with Crippen molar-refractivity contribution in [3.63, 3.8) is 0 Å². The van der Waals surface area contributed by atoms with E-state index in [1.807, 2.05) is 60.7 Å². The minimum absolute atomic E-state index is 0.0690. The lowest BCUT2D eigenvalue weighted by molar-refractivity contribution is -0.126. The number of rotatable bonds is 8. The molecule has 3 aromatic carbocycles. The number of piperidine rings is 1. The molecular formula is C30H34FN3O3. The second-order valence-electron chi connectivity index (χ2n) is 9.54. The molecular weight excluding hydrogens is 469 g/mol. The second-order valence-corrected chi connectivity index (χ2v) is 9.54. The minimum atomic E-state index is -0.371. The number of nitrogens with one attached hydrogen (secondary N) is 2.